The summed E-state index contributed by atoms with van der Waals surface area (Å²) in [7, 11) is 1.95. The lowest BCUT2D eigenvalue weighted by Gasteiger charge is -2.13. The highest BCUT2D eigenvalue weighted by Crippen LogP contribution is 2.23. The Labute approximate surface area is 157 Å². The van der Waals surface area contributed by atoms with Gasteiger partial charge in [-0.3, -0.25) is 0 Å². The number of rotatable bonds is 6. The van der Waals surface area contributed by atoms with E-state index in [4.69, 9.17) is 0 Å². The minimum absolute atomic E-state index is 0.774. The summed E-state index contributed by atoms with van der Waals surface area (Å²) in [4.78, 5) is 0. The maximum Gasteiger partial charge on any atom is 0.0202 e. The first kappa shape index (κ1) is 25.6. The zero-order valence-corrected chi connectivity index (χ0v) is 17.7. The van der Waals surface area contributed by atoms with E-state index in [0.29, 0.717) is 0 Å². The van der Waals surface area contributed by atoms with Gasteiger partial charge < -0.3 is 5.32 Å². The molecule has 0 aliphatic heterocycles. The molecule has 0 aliphatic carbocycles. The van der Waals surface area contributed by atoms with Crippen molar-refractivity contribution in [1.82, 2.24) is 5.32 Å². The molecule has 0 aliphatic rings. The van der Waals surface area contributed by atoms with Crippen molar-refractivity contribution < 1.29 is 0 Å². The Hall–Kier alpha value is -1.60. The highest BCUT2D eigenvalue weighted by molar-refractivity contribution is 5.19. The van der Waals surface area contributed by atoms with E-state index in [2.05, 4.69) is 61.6 Å². The molecule has 142 valence electrons. The molecule has 0 bridgehead atoms. The molecule has 1 heteroatoms. The van der Waals surface area contributed by atoms with Crippen LogP contribution in [0.3, 0.4) is 0 Å². The van der Waals surface area contributed by atoms with E-state index >= 15 is 0 Å². The van der Waals surface area contributed by atoms with E-state index < -0.39 is 0 Å². The standard InChI is InChI=1S/C12H18.C8H11N.2C2H6/c1-3-8-11(4-2)12-9-6-5-7-10-12;1-9-7-8-5-3-2-4-6-8;2*1-2/h5-7,9-11H,3-4,8H2,1-2H3;2-6,9H,7H2,1H3;2*1-2H3. The van der Waals surface area contributed by atoms with Crippen molar-refractivity contribution in [3.05, 3.63) is 71.8 Å². The third-order valence-corrected chi connectivity index (χ3v) is 3.62. The predicted molar refractivity (Wildman–Crippen MR) is 116 cm³/mol. The van der Waals surface area contributed by atoms with Gasteiger partial charge >= 0.3 is 0 Å². The maximum atomic E-state index is 3.08. The van der Waals surface area contributed by atoms with E-state index in [9.17, 15) is 0 Å². The molecule has 0 radical (unpaired) electrons. The molecule has 0 spiro atoms. The van der Waals surface area contributed by atoms with Gasteiger partial charge in [-0.05, 0) is 36.9 Å². The Bertz CT molecular complexity index is 450. The predicted octanol–water partition coefficient (Wildman–Crippen LogP) is 7.44. The van der Waals surface area contributed by atoms with Crippen LogP contribution in [0.15, 0.2) is 60.7 Å². The van der Waals surface area contributed by atoms with Crippen molar-refractivity contribution in [2.75, 3.05) is 7.05 Å². The van der Waals surface area contributed by atoms with Crippen LogP contribution in [-0.2, 0) is 6.54 Å². The normalized spacial score (nSPS) is 10.0. The van der Waals surface area contributed by atoms with Gasteiger partial charge in [0.15, 0.2) is 0 Å². The van der Waals surface area contributed by atoms with Crippen LogP contribution < -0.4 is 5.32 Å². The van der Waals surface area contributed by atoms with Gasteiger partial charge in [-0.2, -0.15) is 0 Å². The third-order valence-electron chi connectivity index (χ3n) is 3.62. The Morgan fingerprint density at radius 2 is 1.24 bits per heavy atom. The van der Waals surface area contributed by atoms with E-state index in [1.165, 1.54) is 30.4 Å². The van der Waals surface area contributed by atoms with Crippen molar-refractivity contribution in [3.8, 4) is 0 Å². The molecule has 1 atom stereocenters. The third kappa shape index (κ3) is 13.4. The van der Waals surface area contributed by atoms with Crippen LogP contribution in [0.4, 0.5) is 0 Å². The molecular formula is C24H41N. The first-order chi connectivity index (χ1) is 12.3. The van der Waals surface area contributed by atoms with Crippen LogP contribution in [0.2, 0.25) is 0 Å². The molecule has 2 aromatic rings. The highest BCUT2D eigenvalue weighted by Gasteiger charge is 2.06. The van der Waals surface area contributed by atoms with Gasteiger partial charge in [-0.15, -0.1) is 0 Å². The molecule has 0 saturated carbocycles. The molecule has 2 rings (SSSR count). The summed E-state index contributed by atoms with van der Waals surface area (Å²) in [5, 5.41) is 3.08. The Balaban J connectivity index is 0. The molecule has 1 unspecified atom stereocenters. The largest absolute Gasteiger partial charge is 0.316 e. The van der Waals surface area contributed by atoms with Crippen LogP contribution in [0.5, 0.6) is 0 Å². The van der Waals surface area contributed by atoms with E-state index in [1.54, 1.807) is 0 Å². The highest BCUT2D eigenvalue weighted by atomic mass is 14.8. The van der Waals surface area contributed by atoms with Gasteiger partial charge in [0.2, 0.25) is 0 Å². The maximum absolute atomic E-state index is 3.08. The second-order valence-corrected chi connectivity index (χ2v) is 5.32. The topological polar surface area (TPSA) is 12.0 Å². The molecule has 0 aromatic heterocycles. The van der Waals surface area contributed by atoms with Crippen molar-refractivity contribution in [2.45, 2.75) is 73.3 Å². The number of nitrogens with one attached hydrogen (secondary N) is 1. The van der Waals surface area contributed by atoms with Crippen LogP contribution in [0.25, 0.3) is 0 Å². The summed E-state index contributed by atoms with van der Waals surface area (Å²) in [6.45, 7) is 13.5. The van der Waals surface area contributed by atoms with Crippen LogP contribution in [0.1, 0.15) is 77.8 Å². The van der Waals surface area contributed by atoms with E-state index in [-0.39, 0.29) is 0 Å². The fourth-order valence-electron chi connectivity index (χ4n) is 2.48. The summed E-state index contributed by atoms with van der Waals surface area (Å²) < 4.78 is 0. The van der Waals surface area contributed by atoms with E-state index in [0.717, 1.165) is 12.5 Å². The molecule has 0 heterocycles. The number of benzene rings is 2. The van der Waals surface area contributed by atoms with Crippen molar-refractivity contribution in [2.24, 2.45) is 0 Å². The molecule has 1 N–H and O–H groups in total. The van der Waals surface area contributed by atoms with Gasteiger partial charge in [0.25, 0.3) is 0 Å². The minimum atomic E-state index is 0.774. The molecule has 2 aromatic carbocycles. The lowest BCUT2D eigenvalue weighted by atomic mass is 9.92. The fraction of sp³-hybridized carbons (Fsp3) is 0.500. The second-order valence-electron chi connectivity index (χ2n) is 5.32. The van der Waals surface area contributed by atoms with E-state index in [1.807, 2.05) is 52.9 Å². The zero-order valence-electron chi connectivity index (χ0n) is 17.7. The first-order valence-electron chi connectivity index (χ1n) is 10.0. The van der Waals surface area contributed by atoms with Crippen LogP contribution in [-0.4, -0.2) is 7.05 Å². The molecule has 0 amide bonds. The molecule has 25 heavy (non-hydrogen) atoms. The smallest absolute Gasteiger partial charge is 0.0202 e. The van der Waals surface area contributed by atoms with Gasteiger partial charge in [-0.25, -0.2) is 0 Å². The quantitative estimate of drug-likeness (QED) is 0.574. The summed E-state index contributed by atoms with van der Waals surface area (Å²) >= 11 is 0. The van der Waals surface area contributed by atoms with Crippen LogP contribution >= 0.6 is 0 Å². The summed E-state index contributed by atoms with van der Waals surface area (Å²) in [6, 6.07) is 21.2. The first-order valence-corrected chi connectivity index (χ1v) is 10.0. The zero-order chi connectivity index (χ0) is 19.3. The lowest BCUT2D eigenvalue weighted by Crippen LogP contribution is -2.04. The summed E-state index contributed by atoms with van der Waals surface area (Å²) in [5.41, 5.74) is 2.84. The monoisotopic (exact) mass is 343 g/mol. The molecule has 0 fully saturated rings. The number of hydrogen-bond acceptors (Lipinski definition) is 1. The average Bonchev–Trinajstić information content (AvgIpc) is 2.71. The Morgan fingerprint density at radius 1 is 0.760 bits per heavy atom. The Kier molecular flexibility index (Phi) is 21.0. The molecule has 1 nitrogen and oxygen atoms in total. The summed E-state index contributed by atoms with van der Waals surface area (Å²) in [6.07, 6.45) is 3.87. The average molecular weight is 344 g/mol. The lowest BCUT2D eigenvalue weighted by molar-refractivity contribution is 0.596. The van der Waals surface area contributed by atoms with Gasteiger partial charge in [0, 0.05) is 6.54 Å². The Morgan fingerprint density at radius 3 is 1.64 bits per heavy atom. The summed E-state index contributed by atoms with van der Waals surface area (Å²) in [5.74, 6) is 0.774. The van der Waals surface area contributed by atoms with Crippen LogP contribution in [0, 0.1) is 0 Å². The fourth-order valence-corrected chi connectivity index (χ4v) is 2.48. The molecule has 0 saturated heterocycles. The van der Waals surface area contributed by atoms with Gasteiger partial charge in [0.05, 0.1) is 0 Å². The molecular weight excluding hydrogens is 302 g/mol. The van der Waals surface area contributed by atoms with Gasteiger partial charge in [0.1, 0.15) is 0 Å². The second kappa shape index (κ2) is 20.4. The van der Waals surface area contributed by atoms with Crippen molar-refractivity contribution in [3.63, 3.8) is 0 Å². The van der Waals surface area contributed by atoms with Crippen molar-refractivity contribution in [1.29, 1.82) is 0 Å². The van der Waals surface area contributed by atoms with Crippen molar-refractivity contribution >= 4 is 0 Å². The minimum Gasteiger partial charge on any atom is -0.316 e. The number of hydrogen-bond donors (Lipinski definition) is 1. The van der Waals surface area contributed by atoms with Gasteiger partial charge in [-0.1, -0.05) is 109 Å². The SMILES string of the molecule is CC.CC.CCCC(CC)c1ccccc1.CNCc1ccccc1.